The second-order valence-electron chi connectivity index (χ2n) is 8.37. The fourth-order valence-corrected chi connectivity index (χ4v) is 4.03. The molecule has 0 spiro atoms. The monoisotopic (exact) mass is 469 g/mol. The summed E-state index contributed by atoms with van der Waals surface area (Å²) in [6.45, 7) is 2.37. The number of fused-ring (bicyclic) bond motifs is 1. The van der Waals surface area contributed by atoms with Gasteiger partial charge in [0.25, 0.3) is 0 Å². The van der Waals surface area contributed by atoms with Crippen LogP contribution in [0.15, 0.2) is 24.5 Å². The molecule has 0 radical (unpaired) electrons. The number of unbranched alkanes of at least 4 members (excludes halogenated alkanes) is 1. The van der Waals surface area contributed by atoms with Gasteiger partial charge in [0.15, 0.2) is 11.5 Å². The Balaban J connectivity index is 1.49. The molecule has 0 bridgehead atoms. The van der Waals surface area contributed by atoms with Gasteiger partial charge in [-0.25, -0.2) is 19.7 Å². The zero-order chi connectivity index (χ0) is 24.2. The molecule has 1 aliphatic rings. The summed E-state index contributed by atoms with van der Waals surface area (Å²) < 4.78 is 12.8. The highest BCUT2D eigenvalue weighted by molar-refractivity contribution is 5.77. The molecule has 2 aromatic rings. The molecule has 0 saturated heterocycles. The molecule has 9 nitrogen and oxygen atoms in total. The van der Waals surface area contributed by atoms with E-state index in [9.17, 15) is 14.3 Å². The number of nitrogens with one attached hydrogen (secondary N) is 2. The van der Waals surface area contributed by atoms with Gasteiger partial charge in [-0.1, -0.05) is 6.07 Å². The van der Waals surface area contributed by atoms with Gasteiger partial charge >= 0.3 is 5.97 Å². The Hall–Kier alpha value is -3.32. The summed E-state index contributed by atoms with van der Waals surface area (Å²) in [4.78, 5) is 26.5. The summed E-state index contributed by atoms with van der Waals surface area (Å²) in [6, 6.07) is 5.23. The van der Waals surface area contributed by atoms with Crippen LogP contribution in [0.3, 0.4) is 0 Å². The summed E-state index contributed by atoms with van der Waals surface area (Å²) in [5.74, 6) is 0.120. The Bertz CT molecular complexity index is 982. The second-order valence-corrected chi connectivity index (χ2v) is 8.37. The van der Waals surface area contributed by atoms with E-state index in [1.165, 1.54) is 18.0 Å². The van der Waals surface area contributed by atoms with Crippen LogP contribution in [-0.2, 0) is 17.6 Å². The second kappa shape index (κ2) is 13.4. The highest BCUT2D eigenvalue weighted by Crippen LogP contribution is 2.20. The molecular formula is C24H32FN7O2. The summed E-state index contributed by atoms with van der Waals surface area (Å²) in [6.07, 6.45) is 8.43. The van der Waals surface area contributed by atoms with E-state index < -0.39 is 18.7 Å². The van der Waals surface area contributed by atoms with Crippen LogP contribution in [0.2, 0.25) is 0 Å². The summed E-state index contributed by atoms with van der Waals surface area (Å²) in [5.41, 5.74) is 2.39. The number of nitriles is 1. The van der Waals surface area contributed by atoms with E-state index in [1.54, 1.807) is 0 Å². The number of anilines is 2. The van der Waals surface area contributed by atoms with Gasteiger partial charge in [0.2, 0.25) is 0 Å². The fourth-order valence-electron chi connectivity index (χ4n) is 4.03. The maximum Gasteiger partial charge on any atom is 0.326 e. The molecule has 182 valence electrons. The van der Waals surface area contributed by atoms with Crippen molar-refractivity contribution in [2.24, 2.45) is 0 Å². The van der Waals surface area contributed by atoms with Crippen molar-refractivity contribution in [2.75, 3.05) is 43.5 Å². The molecule has 34 heavy (non-hydrogen) atoms. The number of hydrogen-bond donors (Lipinski definition) is 3. The van der Waals surface area contributed by atoms with Crippen LogP contribution in [0.4, 0.5) is 16.0 Å². The fraction of sp³-hybridized carbons (Fsp3) is 0.542. The van der Waals surface area contributed by atoms with Crippen molar-refractivity contribution in [3.63, 3.8) is 0 Å². The Kier molecular flexibility index (Phi) is 9.98. The third kappa shape index (κ3) is 7.63. The first-order valence-corrected chi connectivity index (χ1v) is 11.8. The number of rotatable bonds is 14. The molecule has 0 saturated carbocycles. The number of halogens is 1. The maximum absolute atomic E-state index is 12.8. The topological polar surface area (TPSA) is 127 Å². The van der Waals surface area contributed by atoms with Crippen LogP contribution >= 0.6 is 0 Å². The normalized spacial score (nSPS) is 13.6. The molecule has 3 N–H and O–H groups in total. The van der Waals surface area contributed by atoms with Gasteiger partial charge in [0.05, 0.1) is 6.67 Å². The first-order chi connectivity index (χ1) is 16.6. The van der Waals surface area contributed by atoms with Gasteiger partial charge in [0, 0.05) is 37.7 Å². The van der Waals surface area contributed by atoms with E-state index in [4.69, 9.17) is 10.2 Å². The van der Waals surface area contributed by atoms with Crippen molar-refractivity contribution in [3.05, 3.63) is 41.5 Å². The quantitative estimate of drug-likeness (QED) is 0.358. The molecule has 3 rings (SSSR count). The van der Waals surface area contributed by atoms with Gasteiger partial charge in [-0.3, -0.25) is 4.39 Å². The first-order valence-electron chi connectivity index (χ1n) is 11.8. The van der Waals surface area contributed by atoms with E-state index >= 15 is 0 Å². The Morgan fingerprint density at radius 2 is 2.06 bits per heavy atom. The van der Waals surface area contributed by atoms with Gasteiger partial charge in [-0.05, 0) is 63.1 Å². The van der Waals surface area contributed by atoms with E-state index in [-0.39, 0.29) is 11.5 Å². The number of alkyl halides is 1. The van der Waals surface area contributed by atoms with Crippen LogP contribution in [0, 0.1) is 11.3 Å². The molecule has 0 fully saturated rings. The Morgan fingerprint density at radius 1 is 1.24 bits per heavy atom. The highest BCUT2D eigenvalue weighted by Gasteiger charge is 2.21. The standard InChI is InChI=1S/C24H32FN7O2/c25-10-4-15-32(14-2-1-6-19-8-7-18-5-3-11-28-22(18)30-19)16-9-20(24(33)34)31-23-21(17-26)27-12-13-29-23/h7-8,12-13,20H,1-6,9-11,14-16H2,(H,28,30)(H,29,31)(H,33,34)/t20-/m0/s1. The van der Waals surface area contributed by atoms with E-state index in [0.717, 1.165) is 56.7 Å². The average molecular weight is 470 g/mol. The third-order valence-electron chi connectivity index (χ3n) is 5.86. The Morgan fingerprint density at radius 3 is 2.85 bits per heavy atom. The molecular weight excluding hydrogens is 437 g/mol. The minimum Gasteiger partial charge on any atom is -0.480 e. The lowest BCUT2D eigenvalue weighted by atomic mass is 10.1. The van der Waals surface area contributed by atoms with Gasteiger partial charge in [0.1, 0.15) is 17.9 Å². The van der Waals surface area contributed by atoms with Crippen molar-refractivity contribution in [2.45, 2.75) is 51.0 Å². The summed E-state index contributed by atoms with van der Waals surface area (Å²) >= 11 is 0. The lowest BCUT2D eigenvalue weighted by Gasteiger charge is -2.24. The lowest BCUT2D eigenvalue weighted by Crippen LogP contribution is -2.36. The summed E-state index contributed by atoms with van der Waals surface area (Å²) in [5, 5.41) is 25.0. The number of aromatic nitrogens is 3. The number of nitrogens with zero attached hydrogens (tertiary/aromatic N) is 5. The van der Waals surface area contributed by atoms with Crippen molar-refractivity contribution in [1.82, 2.24) is 19.9 Å². The number of carbonyl (C=O) groups is 1. The molecule has 0 unspecified atom stereocenters. The molecule has 0 aliphatic carbocycles. The number of carboxylic acids is 1. The van der Waals surface area contributed by atoms with Gasteiger partial charge < -0.3 is 20.6 Å². The smallest absolute Gasteiger partial charge is 0.326 e. The number of aryl methyl sites for hydroxylation is 2. The van der Waals surface area contributed by atoms with Crippen LogP contribution in [0.5, 0.6) is 0 Å². The van der Waals surface area contributed by atoms with Gasteiger partial charge in [-0.15, -0.1) is 0 Å². The summed E-state index contributed by atoms with van der Waals surface area (Å²) in [7, 11) is 0. The minimum absolute atomic E-state index is 0.0500. The predicted molar refractivity (Wildman–Crippen MR) is 127 cm³/mol. The molecule has 1 atom stereocenters. The lowest BCUT2D eigenvalue weighted by molar-refractivity contribution is -0.138. The van der Waals surface area contributed by atoms with Crippen molar-refractivity contribution in [1.29, 1.82) is 5.26 Å². The zero-order valence-electron chi connectivity index (χ0n) is 19.3. The molecule has 1 aliphatic heterocycles. The molecule has 10 heteroatoms. The number of aliphatic carboxylic acids is 1. The van der Waals surface area contributed by atoms with Gasteiger partial charge in [-0.2, -0.15) is 5.26 Å². The minimum atomic E-state index is -1.04. The largest absolute Gasteiger partial charge is 0.480 e. The van der Waals surface area contributed by atoms with E-state index in [0.29, 0.717) is 25.9 Å². The number of carboxylic acid groups (broad SMARTS) is 1. The SMILES string of the molecule is N#Cc1nccnc1N[C@@H](CCN(CCCF)CCCCc1ccc2c(n1)NCCC2)C(=O)O. The van der Waals surface area contributed by atoms with Crippen molar-refractivity contribution in [3.8, 4) is 6.07 Å². The van der Waals surface area contributed by atoms with E-state index in [1.807, 2.05) is 6.07 Å². The molecule has 0 aromatic carbocycles. The first kappa shape index (κ1) is 25.3. The molecule has 2 aromatic heterocycles. The van der Waals surface area contributed by atoms with Crippen LogP contribution < -0.4 is 10.6 Å². The van der Waals surface area contributed by atoms with E-state index in [2.05, 4.69) is 37.6 Å². The van der Waals surface area contributed by atoms with Crippen molar-refractivity contribution < 1.29 is 14.3 Å². The molecule has 3 heterocycles. The zero-order valence-corrected chi connectivity index (χ0v) is 19.3. The Labute approximate surface area is 199 Å². The predicted octanol–water partition coefficient (Wildman–Crippen LogP) is 3.04. The average Bonchev–Trinajstić information content (AvgIpc) is 2.86. The number of pyridine rings is 1. The third-order valence-corrected chi connectivity index (χ3v) is 5.86. The number of hydrogen-bond acceptors (Lipinski definition) is 8. The van der Waals surface area contributed by atoms with Crippen LogP contribution in [0.25, 0.3) is 0 Å². The highest BCUT2D eigenvalue weighted by atomic mass is 19.1. The van der Waals surface area contributed by atoms with Crippen LogP contribution in [-0.4, -0.2) is 69.8 Å². The molecule has 0 amide bonds. The maximum atomic E-state index is 12.8. The van der Waals surface area contributed by atoms with Crippen LogP contribution in [0.1, 0.15) is 49.1 Å². The van der Waals surface area contributed by atoms with Crippen molar-refractivity contribution >= 4 is 17.6 Å².